The van der Waals surface area contributed by atoms with Crippen LogP contribution in [0.5, 0.6) is 0 Å². The molecule has 0 saturated carbocycles. The molecule has 0 amide bonds. The van der Waals surface area contributed by atoms with Gasteiger partial charge in [-0.25, -0.2) is 0 Å². The van der Waals surface area contributed by atoms with Crippen molar-refractivity contribution in [2.75, 3.05) is 0 Å². The second-order valence-corrected chi connectivity index (χ2v) is 6.44. The molecule has 1 atom stereocenters. The minimum absolute atomic E-state index is 0.0834. The predicted octanol–water partition coefficient (Wildman–Crippen LogP) is 5.41. The molecule has 0 rings (SSSR count). The Morgan fingerprint density at radius 1 is 0.926 bits per heavy atom. The van der Waals surface area contributed by atoms with E-state index in [4.69, 9.17) is 0 Å². The highest BCUT2D eigenvalue weighted by Crippen LogP contribution is 2.12. The number of allylic oxidation sites excluding steroid dienone is 4. The second-order valence-electron chi connectivity index (χ2n) is 6.44. The molecule has 0 fully saturated rings. The van der Waals surface area contributed by atoms with Crippen molar-refractivity contribution < 1.29 is 14.6 Å². The minimum atomic E-state index is -1.17. The lowest BCUT2D eigenvalue weighted by molar-refractivity contribution is -0.499. The molecule has 0 radical (unpaired) electrons. The molecule has 0 aliphatic rings. The van der Waals surface area contributed by atoms with Crippen LogP contribution < -0.4 is 0 Å². The molecular weight excluding hydrogens is 348 g/mol. The number of hydrogen-bond donors (Lipinski definition) is 0. The molecule has 27 heavy (non-hydrogen) atoms. The molecule has 7 nitrogen and oxygen atoms in total. The fraction of sp³-hybridized carbons (Fsp3) is 0.650. The molecule has 0 aromatic heterocycles. The van der Waals surface area contributed by atoms with E-state index in [1.165, 1.54) is 6.08 Å². The summed E-state index contributed by atoms with van der Waals surface area (Å²) in [5.74, 6) is 0. The zero-order valence-electron chi connectivity index (χ0n) is 16.3. The molecule has 1 unspecified atom stereocenters. The first-order chi connectivity index (χ1) is 13.0. The third-order valence-corrected chi connectivity index (χ3v) is 4.09. The number of nitrogens with zero attached hydrogens (tertiary/aromatic N) is 2. The quantitative estimate of drug-likeness (QED) is 0.110. The molecule has 0 aromatic rings. The van der Waals surface area contributed by atoms with E-state index >= 15 is 0 Å². The van der Waals surface area contributed by atoms with Crippen LogP contribution in [0.25, 0.3) is 0 Å². The summed E-state index contributed by atoms with van der Waals surface area (Å²) in [6.07, 6.45) is 18.2. The Balaban J connectivity index is 4.36. The van der Waals surface area contributed by atoms with Crippen molar-refractivity contribution in [1.29, 1.82) is 0 Å². The number of unbranched alkanes of at least 4 members (excludes halogenated alkanes) is 7. The summed E-state index contributed by atoms with van der Waals surface area (Å²) in [4.78, 5) is 31.4. The van der Waals surface area contributed by atoms with Gasteiger partial charge < -0.3 is 4.79 Å². The zero-order valence-corrected chi connectivity index (χ0v) is 16.3. The van der Waals surface area contributed by atoms with Crippen LogP contribution in [0.4, 0.5) is 0 Å². The second kappa shape index (κ2) is 17.1. The maximum atomic E-state index is 11.1. The van der Waals surface area contributed by atoms with E-state index in [9.17, 15) is 25.0 Å². The molecule has 0 spiro atoms. The normalized spacial score (nSPS) is 13.3. The third-order valence-electron chi connectivity index (χ3n) is 4.09. The average molecular weight is 380 g/mol. The largest absolute Gasteiger partial charge is 0.303 e. The van der Waals surface area contributed by atoms with Crippen LogP contribution in [0.2, 0.25) is 0 Å². The SMILES string of the molecule is CCCCC/C(=C\C(/C=C/C/C=C\CCCCCCC=O)[N+](=O)[O-])[N+](=O)[O-]. The molecule has 0 N–H and O–H groups in total. The fourth-order valence-corrected chi connectivity index (χ4v) is 2.53. The molecule has 0 aliphatic carbocycles. The van der Waals surface area contributed by atoms with Gasteiger partial charge in [0.15, 0.2) is 0 Å². The van der Waals surface area contributed by atoms with Crippen molar-refractivity contribution in [1.82, 2.24) is 0 Å². The van der Waals surface area contributed by atoms with E-state index in [-0.39, 0.29) is 12.1 Å². The Kier molecular flexibility index (Phi) is 15.7. The first-order valence-electron chi connectivity index (χ1n) is 9.76. The molecule has 7 heteroatoms. The van der Waals surface area contributed by atoms with Crippen LogP contribution >= 0.6 is 0 Å². The van der Waals surface area contributed by atoms with Crippen molar-refractivity contribution in [3.8, 4) is 0 Å². The lowest BCUT2D eigenvalue weighted by atomic mass is 10.1. The molecule has 0 saturated heterocycles. The van der Waals surface area contributed by atoms with Crippen molar-refractivity contribution >= 4 is 6.29 Å². The molecule has 0 aromatic carbocycles. The Bertz CT molecular complexity index is 526. The maximum absolute atomic E-state index is 11.1. The van der Waals surface area contributed by atoms with Crippen LogP contribution in [0.3, 0.4) is 0 Å². The fourth-order valence-electron chi connectivity index (χ4n) is 2.53. The van der Waals surface area contributed by atoms with Gasteiger partial charge in [0.2, 0.25) is 5.70 Å². The Morgan fingerprint density at radius 2 is 1.63 bits per heavy atom. The summed E-state index contributed by atoms with van der Waals surface area (Å²) in [6.45, 7) is 2.00. The zero-order chi connectivity index (χ0) is 20.3. The molecule has 0 heterocycles. The van der Waals surface area contributed by atoms with Crippen LogP contribution in [-0.4, -0.2) is 22.2 Å². The van der Waals surface area contributed by atoms with Crippen LogP contribution in [0, 0.1) is 20.2 Å². The summed E-state index contributed by atoms with van der Waals surface area (Å²) in [7, 11) is 0. The van der Waals surface area contributed by atoms with Crippen LogP contribution in [-0.2, 0) is 4.79 Å². The van der Waals surface area contributed by atoms with E-state index in [2.05, 4.69) is 0 Å². The van der Waals surface area contributed by atoms with Gasteiger partial charge >= 0.3 is 0 Å². The summed E-state index contributed by atoms with van der Waals surface area (Å²) in [5.41, 5.74) is -0.0834. The van der Waals surface area contributed by atoms with E-state index in [0.29, 0.717) is 19.3 Å². The monoisotopic (exact) mass is 380 g/mol. The average Bonchev–Trinajstić information content (AvgIpc) is 2.63. The first kappa shape index (κ1) is 24.7. The highest BCUT2D eigenvalue weighted by molar-refractivity contribution is 5.48. The Hall–Kier alpha value is -2.31. The summed E-state index contributed by atoms with van der Waals surface area (Å²) >= 11 is 0. The van der Waals surface area contributed by atoms with Gasteiger partial charge in [-0.05, 0) is 38.2 Å². The standard InChI is InChI=1S/C20H32N2O5/c1-2-3-12-15-19(21(24)25)18-20(22(26)27)16-13-10-8-6-4-5-7-9-11-14-17-23/h6,8,13,16-18,20H,2-5,7,9-12,14-15H2,1H3/b8-6-,16-13+,19-18+. The topological polar surface area (TPSA) is 103 Å². The van der Waals surface area contributed by atoms with Crippen LogP contribution in [0.1, 0.15) is 77.6 Å². The molecule has 0 aliphatic heterocycles. The van der Waals surface area contributed by atoms with E-state index in [1.54, 1.807) is 6.08 Å². The lowest BCUT2D eigenvalue weighted by Gasteiger charge is -2.01. The van der Waals surface area contributed by atoms with Gasteiger partial charge in [-0.1, -0.05) is 50.8 Å². The van der Waals surface area contributed by atoms with Crippen molar-refractivity contribution in [2.24, 2.45) is 0 Å². The van der Waals surface area contributed by atoms with Crippen molar-refractivity contribution in [2.45, 2.75) is 83.6 Å². The van der Waals surface area contributed by atoms with Gasteiger partial charge in [0.05, 0.1) is 11.0 Å². The minimum Gasteiger partial charge on any atom is -0.303 e. The van der Waals surface area contributed by atoms with E-state index in [0.717, 1.165) is 57.3 Å². The molecular formula is C20H32N2O5. The summed E-state index contributed by atoms with van der Waals surface area (Å²) in [5, 5.41) is 22.2. The predicted molar refractivity (Wildman–Crippen MR) is 107 cm³/mol. The van der Waals surface area contributed by atoms with Gasteiger partial charge in [0.25, 0.3) is 6.04 Å². The maximum Gasteiger partial charge on any atom is 0.256 e. The highest BCUT2D eigenvalue weighted by Gasteiger charge is 2.20. The first-order valence-corrected chi connectivity index (χ1v) is 9.76. The molecule has 0 bridgehead atoms. The number of aldehydes is 1. The number of rotatable bonds is 17. The summed E-state index contributed by atoms with van der Waals surface area (Å²) < 4.78 is 0. The van der Waals surface area contributed by atoms with Crippen molar-refractivity contribution in [3.63, 3.8) is 0 Å². The van der Waals surface area contributed by atoms with E-state index < -0.39 is 15.9 Å². The smallest absolute Gasteiger partial charge is 0.256 e. The number of carbonyl (C=O) groups excluding carboxylic acids is 1. The van der Waals surface area contributed by atoms with Crippen LogP contribution in [0.15, 0.2) is 36.1 Å². The number of carbonyl (C=O) groups is 1. The van der Waals surface area contributed by atoms with E-state index in [1.807, 2.05) is 19.1 Å². The highest BCUT2D eigenvalue weighted by atomic mass is 16.6. The number of nitro groups is 2. The Labute approximate surface area is 161 Å². The molecule has 152 valence electrons. The third kappa shape index (κ3) is 14.5. The van der Waals surface area contributed by atoms with Gasteiger partial charge in [0, 0.05) is 17.8 Å². The van der Waals surface area contributed by atoms with Crippen molar-refractivity contribution in [3.05, 3.63) is 56.3 Å². The van der Waals surface area contributed by atoms with Gasteiger partial charge in [0.1, 0.15) is 6.29 Å². The van der Waals surface area contributed by atoms with Gasteiger partial charge in [-0.2, -0.15) is 0 Å². The van der Waals surface area contributed by atoms with Gasteiger partial charge in [-0.3, -0.25) is 20.2 Å². The summed E-state index contributed by atoms with van der Waals surface area (Å²) in [6, 6.07) is -1.17. The lowest BCUT2D eigenvalue weighted by Crippen LogP contribution is -2.16. The Morgan fingerprint density at radius 3 is 2.22 bits per heavy atom. The van der Waals surface area contributed by atoms with Gasteiger partial charge in [-0.15, -0.1) is 0 Å². The number of hydrogen-bond acceptors (Lipinski definition) is 5.